The fourth-order valence-electron chi connectivity index (χ4n) is 3.34. The van der Waals surface area contributed by atoms with Gasteiger partial charge < -0.3 is 0 Å². The van der Waals surface area contributed by atoms with Crippen molar-refractivity contribution >= 4 is 34.8 Å². The summed E-state index contributed by atoms with van der Waals surface area (Å²) in [6, 6.07) is 19.1. The van der Waals surface area contributed by atoms with Crippen LogP contribution >= 0.6 is 11.6 Å². The predicted octanol–water partition coefficient (Wildman–Crippen LogP) is 5.86. The zero-order valence-corrected chi connectivity index (χ0v) is 18.0. The smallest absolute Gasteiger partial charge is 0.229 e. The number of pyridine rings is 1. The molecule has 0 saturated carbocycles. The minimum atomic E-state index is -0.0987. The predicted molar refractivity (Wildman–Crippen MR) is 121 cm³/mol. The monoisotopic (exact) mass is 420 g/mol. The number of aromatic nitrogens is 1. The number of amides is 1. The van der Waals surface area contributed by atoms with Crippen molar-refractivity contribution in [3.8, 4) is 0 Å². The molecule has 4 nitrogen and oxygen atoms in total. The molecule has 3 rings (SSSR count). The van der Waals surface area contributed by atoms with Crippen molar-refractivity contribution in [2.24, 2.45) is 0 Å². The van der Waals surface area contributed by atoms with Crippen molar-refractivity contribution in [3.63, 3.8) is 0 Å². The van der Waals surface area contributed by atoms with E-state index in [1.54, 1.807) is 17.2 Å². The van der Waals surface area contributed by atoms with Gasteiger partial charge in [0.05, 0.1) is 5.69 Å². The van der Waals surface area contributed by atoms with Crippen molar-refractivity contribution in [1.29, 1.82) is 0 Å². The number of ketones is 1. The van der Waals surface area contributed by atoms with Crippen LogP contribution in [0, 0.1) is 6.92 Å². The summed E-state index contributed by atoms with van der Waals surface area (Å²) in [5.74, 6) is 0.659. The lowest BCUT2D eigenvalue weighted by molar-refractivity contribution is -0.118. The average Bonchev–Trinajstić information content (AvgIpc) is 2.71. The topological polar surface area (TPSA) is 50.3 Å². The number of hydrogen-bond acceptors (Lipinski definition) is 3. The fourth-order valence-corrected chi connectivity index (χ4v) is 3.54. The Kier molecular flexibility index (Phi) is 7.36. The average molecular weight is 421 g/mol. The third kappa shape index (κ3) is 5.77. The standard InChI is InChI=1S/C25H25ClN2O2/c1-18-10-12-22(13-11-18)28(19(2)29)25-16-20(14-15-27-25)6-5-8-23(30)17-21-7-3-4-9-24(21)26/h3-4,7,9-16H,5-6,8,17H2,1-2H3. The molecule has 0 bridgehead atoms. The van der Waals surface area contributed by atoms with Gasteiger partial charge >= 0.3 is 0 Å². The summed E-state index contributed by atoms with van der Waals surface area (Å²) < 4.78 is 0. The third-order valence-electron chi connectivity index (χ3n) is 4.91. The first kappa shape index (κ1) is 21.7. The van der Waals surface area contributed by atoms with Crippen LogP contribution in [0.1, 0.15) is 36.5 Å². The molecule has 1 heterocycles. The highest BCUT2D eigenvalue weighted by Crippen LogP contribution is 2.25. The van der Waals surface area contributed by atoms with Gasteiger partial charge in [-0.25, -0.2) is 4.98 Å². The normalized spacial score (nSPS) is 10.6. The number of aryl methyl sites for hydroxylation is 2. The Labute approximate surface area is 182 Å². The number of hydrogen-bond donors (Lipinski definition) is 0. The van der Waals surface area contributed by atoms with Gasteiger partial charge in [0.1, 0.15) is 11.6 Å². The van der Waals surface area contributed by atoms with E-state index in [1.807, 2.05) is 61.5 Å². The molecule has 30 heavy (non-hydrogen) atoms. The molecule has 0 aliphatic heterocycles. The van der Waals surface area contributed by atoms with E-state index in [1.165, 1.54) is 6.92 Å². The number of carbonyl (C=O) groups excluding carboxylic acids is 2. The molecule has 0 aliphatic carbocycles. The highest BCUT2D eigenvalue weighted by molar-refractivity contribution is 6.31. The van der Waals surface area contributed by atoms with Crippen LogP contribution in [0.25, 0.3) is 0 Å². The van der Waals surface area contributed by atoms with Gasteiger partial charge in [0.15, 0.2) is 0 Å². The molecule has 0 saturated heterocycles. The fraction of sp³-hybridized carbons (Fsp3) is 0.240. The minimum absolute atomic E-state index is 0.0987. The summed E-state index contributed by atoms with van der Waals surface area (Å²) in [4.78, 5) is 30.6. The van der Waals surface area contributed by atoms with Crippen LogP contribution in [0.2, 0.25) is 5.02 Å². The van der Waals surface area contributed by atoms with E-state index in [9.17, 15) is 9.59 Å². The molecule has 0 unspecified atom stereocenters. The first-order chi connectivity index (χ1) is 14.4. The lowest BCUT2D eigenvalue weighted by Gasteiger charge is -2.21. The Morgan fingerprint density at radius 3 is 2.47 bits per heavy atom. The van der Waals surface area contributed by atoms with Gasteiger partial charge in [-0.15, -0.1) is 0 Å². The summed E-state index contributed by atoms with van der Waals surface area (Å²) in [6.45, 7) is 3.54. The van der Waals surface area contributed by atoms with Crippen LogP contribution in [-0.4, -0.2) is 16.7 Å². The highest BCUT2D eigenvalue weighted by Gasteiger charge is 2.16. The molecule has 3 aromatic rings. The second-order valence-electron chi connectivity index (χ2n) is 7.37. The zero-order chi connectivity index (χ0) is 21.5. The van der Waals surface area contributed by atoms with E-state index >= 15 is 0 Å². The number of carbonyl (C=O) groups is 2. The number of anilines is 2. The van der Waals surface area contributed by atoms with Crippen molar-refractivity contribution in [1.82, 2.24) is 4.98 Å². The van der Waals surface area contributed by atoms with Gasteiger partial charge in [-0.1, -0.05) is 47.5 Å². The summed E-state index contributed by atoms with van der Waals surface area (Å²) >= 11 is 6.14. The Hall–Kier alpha value is -2.98. The molecule has 1 aromatic heterocycles. The van der Waals surface area contributed by atoms with Crippen LogP contribution < -0.4 is 4.90 Å². The van der Waals surface area contributed by atoms with Crippen LogP contribution in [-0.2, 0) is 22.4 Å². The van der Waals surface area contributed by atoms with Crippen molar-refractivity contribution in [2.45, 2.75) is 39.5 Å². The van der Waals surface area contributed by atoms with E-state index in [0.717, 1.165) is 35.2 Å². The van der Waals surface area contributed by atoms with Gasteiger partial charge in [-0.05, 0) is 61.2 Å². The molecule has 0 spiro atoms. The van der Waals surface area contributed by atoms with E-state index in [-0.39, 0.29) is 11.7 Å². The Balaban J connectivity index is 1.63. The van der Waals surface area contributed by atoms with Crippen LogP contribution in [0.5, 0.6) is 0 Å². The summed E-state index contributed by atoms with van der Waals surface area (Å²) in [7, 11) is 0. The number of benzene rings is 2. The number of rotatable bonds is 8. The maximum Gasteiger partial charge on any atom is 0.229 e. The molecule has 0 radical (unpaired) electrons. The second-order valence-corrected chi connectivity index (χ2v) is 7.78. The van der Waals surface area contributed by atoms with Crippen LogP contribution in [0.3, 0.4) is 0 Å². The lowest BCUT2D eigenvalue weighted by Crippen LogP contribution is -2.23. The maximum atomic E-state index is 12.3. The molecule has 0 N–H and O–H groups in total. The largest absolute Gasteiger partial charge is 0.299 e. The molecule has 0 aliphatic rings. The van der Waals surface area contributed by atoms with Gasteiger partial charge in [-0.2, -0.15) is 0 Å². The number of Topliss-reactive ketones (excluding diaryl/α,β-unsaturated/α-hetero) is 1. The van der Waals surface area contributed by atoms with Gasteiger partial charge in [0.2, 0.25) is 5.91 Å². The zero-order valence-electron chi connectivity index (χ0n) is 17.3. The summed E-state index contributed by atoms with van der Waals surface area (Å²) in [6.07, 6.45) is 4.02. The van der Waals surface area contributed by atoms with E-state index in [4.69, 9.17) is 11.6 Å². The van der Waals surface area contributed by atoms with Crippen molar-refractivity contribution < 1.29 is 9.59 Å². The Morgan fingerprint density at radius 2 is 1.77 bits per heavy atom. The molecular formula is C25H25ClN2O2. The Bertz CT molecular complexity index is 1030. The summed E-state index contributed by atoms with van der Waals surface area (Å²) in [5.41, 5.74) is 3.83. The number of halogens is 1. The molecule has 1 amide bonds. The molecule has 0 atom stereocenters. The minimum Gasteiger partial charge on any atom is -0.299 e. The molecule has 5 heteroatoms. The van der Waals surface area contributed by atoms with Gasteiger partial charge in [0, 0.05) is 31.0 Å². The quantitative estimate of drug-likeness (QED) is 0.458. The van der Waals surface area contributed by atoms with Gasteiger partial charge in [0.25, 0.3) is 0 Å². The van der Waals surface area contributed by atoms with E-state index in [2.05, 4.69) is 4.98 Å². The first-order valence-electron chi connectivity index (χ1n) is 10.0. The van der Waals surface area contributed by atoms with Crippen molar-refractivity contribution in [3.05, 3.63) is 88.6 Å². The Morgan fingerprint density at radius 1 is 1.03 bits per heavy atom. The molecule has 154 valence electrons. The second kappa shape index (κ2) is 10.2. The highest BCUT2D eigenvalue weighted by atomic mass is 35.5. The maximum absolute atomic E-state index is 12.3. The van der Waals surface area contributed by atoms with E-state index < -0.39 is 0 Å². The van der Waals surface area contributed by atoms with Crippen LogP contribution in [0.4, 0.5) is 11.5 Å². The van der Waals surface area contributed by atoms with E-state index in [0.29, 0.717) is 23.7 Å². The third-order valence-corrected chi connectivity index (χ3v) is 5.28. The molecule has 0 fully saturated rings. The van der Waals surface area contributed by atoms with Crippen LogP contribution in [0.15, 0.2) is 66.9 Å². The summed E-state index contributed by atoms with van der Waals surface area (Å²) in [5, 5.41) is 0.630. The van der Waals surface area contributed by atoms with Crippen molar-refractivity contribution in [2.75, 3.05) is 4.90 Å². The molecule has 2 aromatic carbocycles. The SMILES string of the molecule is CC(=O)N(c1ccc(C)cc1)c1cc(CCCC(=O)Cc2ccccc2Cl)ccn1. The number of nitrogens with zero attached hydrogens (tertiary/aromatic N) is 2. The van der Waals surface area contributed by atoms with Gasteiger partial charge in [-0.3, -0.25) is 14.5 Å². The first-order valence-corrected chi connectivity index (χ1v) is 10.4. The molecular weight excluding hydrogens is 396 g/mol. The lowest BCUT2D eigenvalue weighted by atomic mass is 10.0.